The highest BCUT2D eigenvalue weighted by molar-refractivity contribution is 6.30. The first-order chi connectivity index (χ1) is 11.2. The smallest absolute Gasteiger partial charge is 0.191 e. The van der Waals surface area contributed by atoms with Crippen LogP contribution in [0.25, 0.3) is 0 Å². The number of nitrogens with zero attached hydrogens (tertiary/aromatic N) is 1. The fourth-order valence-electron chi connectivity index (χ4n) is 2.55. The van der Waals surface area contributed by atoms with Crippen molar-refractivity contribution < 1.29 is 9.47 Å². The van der Waals surface area contributed by atoms with Gasteiger partial charge in [0.05, 0.1) is 12.6 Å². The number of hydrogen-bond donors (Lipinski definition) is 2. The molecule has 128 valence electrons. The van der Waals surface area contributed by atoms with Gasteiger partial charge < -0.3 is 20.1 Å². The first kappa shape index (κ1) is 18.0. The second-order valence-corrected chi connectivity index (χ2v) is 5.95. The Morgan fingerprint density at radius 1 is 1.48 bits per heavy atom. The van der Waals surface area contributed by atoms with Crippen LogP contribution in [-0.2, 0) is 9.47 Å². The minimum Gasteiger partial charge on any atom is -0.376 e. The summed E-state index contributed by atoms with van der Waals surface area (Å²) in [5.74, 6) is 0.784. The largest absolute Gasteiger partial charge is 0.376 e. The Morgan fingerprint density at radius 2 is 2.35 bits per heavy atom. The quantitative estimate of drug-likeness (QED) is 0.592. The normalized spacial score (nSPS) is 19.6. The highest BCUT2D eigenvalue weighted by Gasteiger charge is 2.16. The molecule has 0 aliphatic carbocycles. The predicted molar refractivity (Wildman–Crippen MR) is 94.2 cm³/mol. The number of methoxy groups -OCH3 is 1. The van der Waals surface area contributed by atoms with Crippen molar-refractivity contribution in [2.24, 2.45) is 4.99 Å². The minimum absolute atomic E-state index is 0.119. The zero-order valence-corrected chi connectivity index (χ0v) is 14.6. The third kappa shape index (κ3) is 6.01. The topological polar surface area (TPSA) is 54.9 Å². The van der Waals surface area contributed by atoms with Crippen molar-refractivity contribution in [1.29, 1.82) is 0 Å². The van der Waals surface area contributed by atoms with Crippen LogP contribution in [0.3, 0.4) is 0 Å². The van der Waals surface area contributed by atoms with Gasteiger partial charge in [0.25, 0.3) is 0 Å². The predicted octanol–water partition coefficient (Wildman–Crippen LogP) is 2.76. The maximum absolute atomic E-state index is 6.05. The summed E-state index contributed by atoms with van der Waals surface area (Å²) in [5, 5.41) is 7.29. The molecule has 6 heteroatoms. The summed E-state index contributed by atoms with van der Waals surface area (Å²) >= 11 is 6.05. The number of ether oxygens (including phenoxy) is 2. The van der Waals surface area contributed by atoms with Crippen LogP contribution < -0.4 is 10.6 Å². The van der Waals surface area contributed by atoms with Crippen LogP contribution in [-0.4, -0.2) is 45.4 Å². The number of guanidine groups is 1. The lowest BCUT2D eigenvalue weighted by Gasteiger charge is -2.17. The molecule has 1 aliphatic heterocycles. The van der Waals surface area contributed by atoms with Crippen LogP contribution in [0.4, 0.5) is 0 Å². The molecule has 1 aliphatic rings. The van der Waals surface area contributed by atoms with Gasteiger partial charge in [0.15, 0.2) is 5.96 Å². The standard InChI is InChI=1S/C17H26ClN3O2/c1-3-19-17(20-11-15-8-5-9-23-15)21-12-16(22-2)13-6-4-7-14(18)10-13/h4,6-7,10,15-16H,3,5,8-9,11-12H2,1-2H3,(H2,19,20,21). The SMILES string of the molecule is CCNC(=NCC(OC)c1cccc(Cl)c1)NCC1CCCO1. The van der Waals surface area contributed by atoms with Gasteiger partial charge in [-0.15, -0.1) is 0 Å². The van der Waals surface area contributed by atoms with Crippen LogP contribution in [0.15, 0.2) is 29.3 Å². The van der Waals surface area contributed by atoms with Crippen LogP contribution in [0, 0.1) is 0 Å². The molecule has 1 fully saturated rings. The fraction of sp³-hybridized carbons (Fsp3) is 0.588. The molecular formula is C17H26ClN3O2. The number of benzene rings is 1. The number of halogens is 1. The monoisotopic (exact) mass is 339 g/mol. The van der Waals surface area contributed by atoms with Gasteiger partial charge in [-0.25, -0.2) is 0 Å². The number of hydrogen-bond acceptors (Lipinski definition) is 3. The average molecular weight is 340 g/mol. The van der Waals surface area contributed by atoms with Gasteiger partial charge in [-0.1, -0.05) is 23.7 Å². The van der Waals surface area contributed by atoms with Gasteiger partial charge in [0.1, 0.15) is 6.10 Å². The molecule has 2 atom stereocenters. The Bertz CT molecular complexity index is 504. The second kappa shape index (κ2) is 9.75. The lowest BCUT2D eigenvalue weighted by Crippen LogP contribution is -2.41. The second-order valence-electron chi connectivity index (χ2n) is 5.51. The van der Waals surface area contributed by atoms with E-state index < -0.39 is 0 Å². The minimum atomic E-state index is -0.119. The van der Waals surface area contributed by atoms with Gasteiger partial charge in [-0.3, -0.25) is 4.99 Å². The van der Waals surface area contributed by atoms with E-state index in [2.05, 4.69) is 15.6 Å². The molecule has 0 amide bonds. The van der Waals surface area contributed by atoms with E-state index in [1.54, 1.807) is 7.11 Å². The highest BCUT2D eigenvalue weighted by Crippen LogP contribution is 2.20. The van der Waals surface area contributed by atoms with Gasteiger partial charge in [0, 0.05) is 31.8 Å². The molecule has 2 N–H and O–H groups in total. The van der Waals surface area contributed by atoms with E-state index in [-0.39, 0.29) is 12.2 Å². The molecular weight excluding hydrogens is 314 g/mol. The van der Waals surface area contributed by atoms with Gasteiger partial charge in [-0.05, 0) is 37.5 Å². The summed E-state index contributed by atoms with van der Waals surface area (Å²) in [6, 6.07) is 7.70. The van der Waals surface area contributed by atoms with Gasteiger partial charge >= 0.3 is 0 Å². The van der Waals surface area contributed by atoms with Crippen LogP contribution in [0.2, 0.25) is 5.02 Å². The molecule has 2 unspecified atom stereocenters. The Morgan fingerprint density at radius 3 is 3.00 bits per heavy atom. The summed E-state index contributed by atoms with van der Waals surface area (Å²) in [7, 11) is 1.69. The molecule has 0 spiro atoms. The molecule has 0 saturated carbocycles. The maximum Gasteiger partial charge on any atom is 0.191 e. The molecule has 0 radical (unpaired) electrons. The van der Waals surface area contributed by atoms with Crippen LogP contribution in [0.1, 0.15) is 31.4 Å². The number of nitrogens with one attached hydrogen (secondary N) is 2. The lowest BCUT2D eigenvalue weighted by molar-refractivity contribution is 0.110. The van der Waals surface area contributed by atoms with Gasteiger partial charge in [0.2, 0.25) is 0 Å². The Balaban J connectivity index is 1.93. The lowest BCUT2D eigenvalue weighted by atomic mass is 10.1. The molecule has 0 bridgehead atoms. The molecule has 1 saturated heterocycles. The molecule has 5 nitrogen and oxygen atoms in total. The molecule has 1 aromatic carbocycles. The molecule has 1 aromatic rings. The summed E-state index contributed by atoms with van der Waals surface area (Å²) in [6.07, 6.45) is 2.41. The Hall–Kier alpha value is -1.30. The summed E-state index contributed by atoms with van der Waals surface area (Å²) in [4.78, 5) is 4.62. The van der Waals surface area contributed by atoms with Crippen LogP contribution in [0.5, 0.6) is 0 Å². The first-order valence-electron chi connectivity index (χ1n) is 8.15. The van der Waals surface area contributed by atoms with E-state index in [4.69, 9.17) is 21.1 Å². The van der Waals surface area contributed by atoms with E-state index >= 15 is 0 Å². The summed E-state index contributed by atoms with van der Waals surface area (Å²) < 4.78 is 11.2. The van der Waals surface area contributed by atoms with Gasteiger partial charge in [-0.2, -0.15) is 0 Å². The van der Waals surface area contributed by atoms with Crippen molar-refractivity contribution in [3.63, 3.8) is 0 Å². The van der Waals surface area contributed by atoms with Crippen molar-refractivity contribution in [1.82, 2.24) is 10.6 Å². The maximum atomic E-state index is 6.05. The van der Waals surface area contributed by atoms with Crippen molar-refractivity contribution in [3.05, 3.63) is 34.9 Å². The van der Waals surface area contributed by atoms with E-state index in [0.717, 1.165) is 44.1 Å². The fourth-order valence-corrected chi connectivity index (χ4v) is 2.75. The van der Waals surface area contributed by atoms with E-state index in [9.17, 15) is 0 Å². The molecule has 0 aromatic heterocycles. The number of aliphatic imine (C=N–C) groups is 1. The zero-order valence-electron chi connectivity index (χ0n) is 13.8. The van der Waals surface area contributed by atoms with Crippen molar-refractivity contribution >= 4 is 17.6 Å². The van der Waals surface area contributed by atoms with E-state index in [1.807, 2.05) is 31.2 Å². The van der Waals surface area contributed by atoms with E-state index in [1.165, 1.54) is 0 Å². The van der Waals surface area contributed by atoms with E-state index in [0.29, 0.717) is 11.6 Å². The van der Waals surface area contributed by atoms with Crippen LogP contribution >= 0.6 is 11.6 Å². The first-order valence-corrected chi connectivity index (χ1v) is 8.52. The van der Waals surface area contributed by atoms with Crippen molar-refractivity contribution in [2.75, 3.05) is 33.4 Å². The van der Waals surface area contributed by atoms with Crippen molar-refractivity contribution in [3.8, 4) is 0 Å². The summed E-state index contributed by atoms with van der Waals surface area (Å²) in [6.45, 7) is 5.03. The molecule has 2 rings (SSSR count). The Labute approximate surface area is 143 Å². The molecule has 23 heavy (non-hydrogen) atoms. The van der Waals surface area contributed by atoms with Crippen molar-refractivity contribution in [2.45, 2.75) is 32.0 Å². The third-order valence-corrected chi connectivity index (χ3v) is 4.02. The average Bonchev–Trinajstić information content (AvgIpc) is 3.06. The summed E-state index contributed by atoms with van der Waals surface area (Å²) in [5.41, 5.74) is 1.03. The zero-order chi connectivity index (χ0) is 16.5. The Kier molecular flexibility index (Phi) is 7.65. The third-order valence-electron chi connectivity index (χ3n) is 3.79. The highest BCUT2D eigenvalue weighted by atomic mass is 35.5. The number of rotatable bonds is 7. The molecule has 1 heterocycles.